The lowest BCUT2D eigenvalue weighted by Gasteiger charge is -2.03. The summed E-state index contributed by atoms with van der Waals surface area (Å²) in [5.74, 6) is -0.409. The Morgan fingerprint density at radius 2 is 2.12 bits per heavy atom. The van der Waals surface area contributed by atoms with E-state index < -0.39 is 5.82 Å². The predicted molar refractivity (Wildman–Crippen MR) is 62.4 cm³/mol. The Labute approximate surface area is 98.8 Å². The second-order valence-corrected chi connectivity index (χ2v) is 4.18. The molecule has 2 aromatic rings. The van der Waals surface area contributed by atoms with Crippen molar-refractivity contribution >= 4 is 15.9 Å². The lowest BCUT2D eigenvalue weighted by Crippen LogP contribution is -2.10. The largest absolute Gasteiger partial charge is 0.326 e. The van der Waals surface area contributed by atoms with Crippen LogP contribution in [0, 0.1) is 5.82 Å². The normalized spacial score (nSPS) is 10.7. The first kappa shape index (κ1) is 11.1. The summed E-state index contributed by atoms with van der Waals surface area (Å²) in [4.78, 5) is 11.3. The van der Waals surface area contributed by atoms with Gasteiger partial charge in [0.1, 0.15) is 5.82 Å². The van der Waals surface area contributed by atoms with Crippen molar-refractivity contribution in [2.24, 2.45) is 5.73 Å². The first-order valence-electron chi connectivity index (χ1n) is 4.58. The van der Waals surface area contributed by atoms with Crippen molar-refractivity contribution in [2.75, 3.05) is 0 Å². The van der Waals surface area contributed by atoms with Crippen molar-refractivity contribution in [1.82, 2.24) is 10.2 Å². The maximum atomic E-state index is 13.6. The van der Waals surface area contributed by atoms with Crippen LogP contribution in [0.15, 0.2) is 27.5 Å². The topological polar surface area (TPSA) is 74.7 Å². The van der Waals surface area contributed by atoms with Gasteiger partial charge >= 0.3 is 0 Å². The molecule has 84 valence electrons. The standard InChI is InChI=1S/C10H9BrFN3O/c11-5-1-2-8(12)6(3-5)9-7(4-13)10(16)15-14-9/h1-3H,4,13H2,(H2,14,15,16). The third kappa shape index (κ3) is 1.81. The Morgan fingerprint density at radius 3 is 2.81 bits per heavy atom. The molecule has 0 unspecified atom stereocenters. The number of hydrogen-bond acceptors (Lipinski definition) is 2. The molecule has 0 aliphatic carbocycles. The molecule has 0 saturated carbocycles. The molecule has 0 spiro atoms. The third-order valence-electron chi connectivity index (χ3n) is 2.28. The summed E-state index contributed by atoms with van der Waals surface area (Å²) in [6.45, 7) is 0.0557. The predicted octanol–water partition coefficient (Wildman–Crippen LogP) is 1.73. The van der Waals surface area contributed by atoms with E-state index in [-0.39, 0.29) is 12.1 Å². The van der Waals surface area contributed by atoms with Crippen molar-refractivity contribution in [3.8, 4) is 11.3 Å². The molecule has 0 bridgehead atoms. The summed E-state index contributed by atoms with van der Waals surface area (Å²) < 4.78 is 14.3. The maximum Gasteiger partial charge on any atom is 0.269 e. The molecule has 1 aromatic heterocycles. The van der Waals surface area contributed by atoms with Crippen LogP contribution < -0.4 is 11.3 Å². The van der Waals surface area contributed by atoms with Crippen LogP contribution in [0.5, 0.6) is 0 Å². The van der Waals surface area contributed by atoms with E-state index in [9.17, 15) is 9.18 Å². The second kappa shape index (κ2) is 4.23. The van der Waals surface area contributed by atoms with Crippen LogP contribution in [0.2, 0.25) is 0 Å². The number of nitrogens with two attached hydrogens (primary N) is 1. The molecule has 2 rings (SSSR count). The zero-order valence-corrected chi connectivity index (χ0v) is 9.77. The molecule has 4 N–H and O–H groups in total. The van der Waals surface area contributed by atoms with Gasteiger partial charge in [-0.05, 0) is 18.2 Å². The van der Waals surface area contributed by atoms with Gasteiger partial charge in [-0.15, -0.1) is 0 Å². The quantitative estimate of drug-likeness (QED) is 0.786. The van der Waals surface area contributed by atoms with Gasteiger partial charge in [0.15, 0.2) is 0 Å². The number of H-pyrrole nitrogens is 2. The summed E-state index contributed by atoms with van der Waals surface area (Å²) in [7, 11) is 0. The van der Waals surface area contributed by atoms with Gasteiger partial charge < -0.3 is 5.73 Å². The van der Waals surface area contributed by atoms with Gasteiger partial charge in [-0.25, -0.2) is 4.39 Å². The Kier molecular flexibility index (Phi) is 2.93. The molecule has 16 heavy (non-hydrogen) atoms. The van der Waals surface area contributed by atoms with E-state index in [4.69, 9.17) is 5.73 Å². The summed E-state index contributed by atoms with van der Waals surface area (Å²) in [6.07, 6.45) is 0. The SMILES string of the molecule is NCc1c(-c2cc(Br)ccc2F)[nH][nH]c1=O. The number of aromatic amines is 2. The molecule has 0 atom stereocenters. The fraction of sp³-hybridized carbons (Fsp3) is 0.100. The lowest BCUT2D eigenvalue weighted by atomic mass is 10.1. The van der Waals surface area contributed by atoms with E-state index >= 15 is 0 Å². The highest BCUT2D eigenvalue weighted by molar-refractivity contribution is 9.10. The number of aromatic nitrogens is 2. The Bertz CT molecular complexity index is 576. The van der Waals surface area contributed by atoms with Crippen molar-refractivity contribution in [3.63, 3.8) is 0 Å². The van der Waals surface area contributed by atoms with Gasteiger partial charge in [0, 0.05) is 16.6 Å². The van der Waals surface area contributed by atoms with E-state index in [2.05, 4.69) is 26.1 Å². The number of benzene rings is 1. The summed E-state index contributed by atoms with van der Waals surface area (Å²) >= 11 is 3.25. The number of rotatable bonds is 2. The van der Waals surface area contributed by atoms with E-state index in [1.165, 1.54) is 6.07 Å². The van der Waals surface area contributed by atoms with Gasteiger partial charge in [-0.3, -0.25) is 15.0 Å². The number of halogens is 2. The minimum absolute atomic E-state index is 0.0557. The van der Waals surface area contributed by atoms with E-state index in [0.717, 1.165) is 4.47 Å². The van der Waals surface area contributed by atoms with Crippen LogP contribution in [-0.4, -0.2) is 10.2 Å². The summed E-state index contributed by atoms with van der Waals surface area (Å²) in [6, 6.07) is 4.50. The van der Waals surface area contributed by atoms with Gasteiger partial charge in [-0.2, -0.15) is 0 Å². The van der Waals surface area contributed by atoms with Gasteiger partial charge in [0.25, 0.3) is 5.56 Å². The molecule has 1 heterocycles. The summed E-state index contributed by atoms with van der Waals surface area (Å²) in [5, 5.41) is 5.02. The zero-order valence-electron chi connectivity index (χ0n) is 8.18. The van der Waals surface area contributed by atoms with Crippen LogP contribution in [0.3, 0.4) is 0 Å². The Hall–Kier alpha value is -1.40. The van der Waals surface area contributed by atoms with Crippen LogP contribution in [0.25, 0.3) is 11.3 Å². The lowest BCUT2D eigenvalue weighted by molar-refractivity contribution is 0.630. The number of hydrogen-bond donors (Lipinski definition) is 3. The average molecular weight is 286 g/mol. The second-order valence-electron chi connectivity index (χ2n) is 3.26. The van der Waals surface area contributed by atoms with Crippen LogP contribution >= 0.6 is 15.9 Å². The fourth-order valence-electron chi connectivity index (χ4n) is 1.50. The van der Waals surface area contributed by atoms with Gasteiger partial charge in [-0.1, -0.05) is 15.9 Å². The molecule has 0 saturated heterocycles. The smallest absolute Gasteiger partial charge is 0.269 e. The average Bonchev–Trinajstić information content (AvgIpc) is 2.63. The Morgan fingerprint density at radius 1 is 1.38 bits per heavy atom. The van der Waals surface area contributed by atoms with Crippen molar-refractivity contribution in [1.29, 1.82) is 0 Å². The maximum absolute atomic E-state index is 13.6. The molecule has 6 heteroatoms. The molecule has 0 aliphatic rings. The highest BCUT2D eigenvalue weighted by Gasteiger charge is 2.14. The molecule has 0 aliphatic heterocycles. The van der Waals surface area contributed by atoms with Crippen LogP contribution in [0.1, 0.15) is 5.56 Å². The van der Waals surface area contributed by atoms with Gasteiger partial charge in [0.2, 0.25) is 0 Å². The van der Waals surface area contributed by atoms with Crippen LogP contribution in [0.4, 0.5) is 4.39 Å². The molecular weight excluding hydrogens is 277 g/mol. The highest BCUT2D eigenvalue weighted by Crippen LogP contribution is 2.25. The van der Waals surface area contributed by atoms with Crippen molar-refractivity contribution in [2.45, 2.75) is 6.54 Å². The Balaban J connectivity index is 2.67. The fourth-order valence-corrected chi connectivity index (χ4v) is 1.86. The molecular formula is C10H9BrFN3O. The first-order valence-corrected chi connectivity index (χ1v) is 5.37. The van der Waals surface area contributed by atoms with E-state index in [1.807, 2.05) is 0 Å². The molecule has 1 aromatic carbocycles. The van der Waals surface area contributed by atoms with Crippen molar-refractivity contribution in [3.05, 3.63) is 44.4 Å². The number of nitrogens with one attached hydrogen (secondary N) is 2. The highest BCUT2D eigenvalue weighted by atomic mass is 79.9. The molecule has 0 amide bonds. The van der Waals surface area contributed by atoms with Gasteiger partial charge in [0.05, 0.1) is 11.3 Å². The minimum Gasteiger partial charge on any atom is -0.326 e. The van der Waals surface area contributed by atoms with E-state index in [1.54, 1.807) is 12.1 Å². The molecule has 4 nitrogen and oxygen atoms in total. The minimum atomic E-state index is -0.409. The first-order chi connectivity index (χ1) is 7.63. The monoisotopic (exact) mass is 285 g/mol. The zero-order chi connectivity index (χ0) is 11.7. The van der Waals surface area contributed by atoms with Crippen LogP contribution in [-0.2, 0) is 6.54 Å². The van der Waals surface area contributed by atoms with E-state index in [0.29, 0.717) is 16.8 Å². The third-order valence-corrected chi connectivity index (χ3v) is 2.77. The summed E-state index contributed by atoms with van der Waals surface area (Å²) in [5.41, 5.74) is 6.18. The molecule has 0 fully saturated rings. The van der Waals surface area contributed by atoms with Crippen molar-refractivity contribution < 1.29 is 4.39 Å². The molecule has 0 radical (unpaired) electrons.